The molecule has 0 spiro atoms. The molecule has 0 aliphatic rings. The molecule has 4 aromatic rings. The quantitative estimate of drug-likeness (QED) is 0.460. The van der Waals surface area contributed by atoms with E-state index in [1.165, 1.54) is 16.9 Å². The summed E-state index contributed by atoms with van der Waals surface area (Å²) in [6.07, 6.45) is 1.82. The number of benzene rings is 2. The molecular formula is C23H21N3O2S. The zero-order valence-electron chi connectivity index (χ0n) is 16.0. The molecule has 1 atom stereocenters. The number of amides is 1. The minimum atomic E-state index is -0.0754. The molecule has 1 N–H and O–H groups in total. The Labute approximate surface area is 173 Å². The molecule has 29 heavy (non-hydrogen) atoms. The number of aryl methyl sites for hydroxylation is 1. The van der Waals surface area contributed by atoms with Crippen molar-refractivity contribution in [2.45, 2.75) is 25.8 Å². The van der Waals surface area contributed by atoms with Crippen LogP contribution in [0.4, 0.5) is 0 Å². The molecule has 1 amide bonds. The fraction of sp³-hybridized carbons (Fsp3) is 0.174. The molecule has 2 aromatic carbocycles. The third-order valence-electron chi connectivity index (χ3n) is 4.58. The normalized spacial score (nSPS) is 11.9. The van der Waals surface area contributed by atoms with Crippen LogP contribution in [-0.4, -0.2) is 22.1 Å². The van der Waals surface area contributed by atoms with Crippen LogP contribution in [0.1, 0.15) is 28.6 Å². The third kappa shape index (κ3) is 4.78. The van der Waals surface area contributed by atoms with Gasteiger partial charge < -0.3 is 9.84 Å². The fourth-order valence-electron chi connectivity index (χ4n) is 3.00. The maximum atomic E-state index is 12.6. The van der Waals surface area contributed by atoms with E-state index in [9.17, 15) is 4.79 Å². The maximum Gasteiger partial charge on any atom is 0.261 e. The SMILES string of the molecule is CC(CCc1ccccc1)NC(=O)c1ccc(-c2noc(-c3ccccc3)n2)s1. The first-order chi connectivity index (χ1) is 14.2. The Hall–Kier alpha value is -3.25. The molecular weight excluding hydrogens is 382 g/mol. The number of hydrogen-bond donors (Lipinski definition) is 1. The van der Waals surface area contributed by atoms with Crippen LogP contribution < -0.4 is 5.32 Å². The Balaban J connectivity index is 1.37. The summed E-state index contributed by atoms with van der Waals surface area (Å²) in [5, 5.41) is 7.12. The number of carbonyl (C=O) groups excluding carboxylic acids is 1. The molecule has 1 unspecified atom stereocenters. The highest BCUT2D eigenvalue weighted by Crippen LogP contribution is 2.28. The second kappa shape index (κ2) is 8.84. The summed E-state index contributed by atoms with van der Waals surface area (Å²) < 4.78 is 5.36. The van der Waals surface area contributed by atoms with Gasteiger partial charge in [-0.3, -0.25) is 4.79 Å². The summed E-state index contributed by atoms with van der Waals surface area (Å²) in [6, 6.07) is 23.7. The first-order valence-electron chi connectivity index (χ1n) is 9.53. The Morgan fingerprint density at radius 2 is 1.76 bits per heavy atom. The molecule has 5 nitrogen and oxygen atoms in total. The van der Waals surface area contributed by atoms with Crippen molar-refractivity contribution in [3.05, 3.63) is 83.2 Å². The van der Waals surface area contributed by atoms with Gasteiger partial charge in [0.05, 0.1) is 9.75 Å². The summed E-state index contributed by atoms with van der Waals surface area (Å²) in [4.78, 5) is 18.5. The lowest BCUT2D eigenvalue weighted by atomic mass is 10.1. The second-order valence-electron chi connectivity index (χ2n) is 6.85. The highest BCUT2D eigenvalue weighted by Gasteiger charge is 2.16. The van der Waals surface area contributed by atoms with Crippen molar-refractivity contribution in [1.29, 1.82) is 0 Å². The Bertz CT molecular complexity index is 1070. The lowest BCUT2D eigenvalue weighted by molar-refractivity contribution is 0.0942. The van der Waals surface area contributed by atoms with E-state index in [1.807, 2.05) is 61.5 Å². The predicted molar refractivity (Wildman–Crippen MR) is 115 cm³/mol. The topological polar surface area (TPSA) is 68.0 Å². The molecule has 6 heteroatoms. The summed E-state index contributed by atoms with van der Waals surface area (Å²) in [5.74, 6) is 0.883. The average Bonchev–Trinajstić information content (AvgIpc) is 3.43. The molecule has 0 aliphatic heterocycles. The largest absolute Gasteiger partial charge is 0.349 e. The molecule has 0 fully saturated rings. The van der Waals surface area contributed by atoms with Gasteiger partial charge in [-0.05, 0) is 49.6 Å². The van der Waals surface area contributed by atoms with Crippen LogP contribution in [0.5, 0.6) is 0 Å². The van der Waals surface area contributed by atoms with Crippen LogP contribution in [0.25, 0.3) is 22.2 Å². The van der Waals surface area contributed by atoms with E-state index in [4.69, 9.17) is 4.52 Å². The van der Waals surface area contributed by atoms with Crippen LogP contribution >= 0.6 is 11.3 Å². The number of nitrogens with one attached hydrogen (secondary N) is 1. The minimum absolute atomic E-state index is 0.0754. The lowest BCUT2D eigenvalue weighted by Gasteiger charge is -2.13. The van der Waals surface area contributed by atoms with Gasteiger partial charge in [-0.25, -0.2) is 0 Å². The van der Waals surface area contributed by atoms with Crippen molar-refractivity contribution in [2.75, 3.05) is 0 Å². The third-order valence-corrected chi connectivity index (χ3v) is 5.66. The predicted octanol–water partition coefficient (Wildman–Crippen LogP) is 5.22. The van der Waals surface area contributed by atoms with Gasteiger partial charge in [0, 0.05) is 11.6 Å². The van der Waals surface area contributed by atoms with Gasteiger partial charge in [0.2, 0.25) is 5.82 Å². The monoisotopic (exact) mass is 403 g/mol. The van der Waals surface area contributed by atoms with E-state index in [-0.39, 0.29) is 11.9 Å². The Morgan fingerprint density at radius 1 is 1.03 bits per heavy atom. The van der Waals surface area contributed by atoms with Crippen molar-refractivity contribution in [3.8, 4) is 22.2 Å². The standard InChI is InChI=1S/C23H21N3O2S/c1-16(12-13-17-8-4-2-5-9-17)24-22(27)20-15-14-19(29-20)21-25-23(28-26-21)18-10-6-3-7-11-18/h2-11,14-16H,12-13H2,1H3,(H,24,27). The van der Waals surface area contributed by atoms with Gasteiger partial charge in [-0.1, -0.05) is 53.7 Å². The van der Waals surface area contributed by atoms with Crippen LogP contribution in [0.3, 0.4) is 0 Å². The van der Waals surface area contributed by atoms with Crippen molar-refractivity contribution in [1.82, 2.24) is 15.5 Å². The van der Waals surface area contributed by atoms with Gasteiger partial charge in [-0.2, -0.15) is 4.98 Å². The number of hydrogen-bond acceptors (Lipinski definition) is 5. The Morgan fingerprint density at radius 3 is 2.52 bits per heavy atom. The number of aromatic nitrogens is 2. The van der Waals surface area contributed by atoms with Crippen LogP contribution in [-0.2, 0) is 6.42 Å². The van der Waals surface area contributed by atoms with E-state index in [0.29, 0.717) is 16.6 Å². The maximum absolute atomic E-state index is 12.6. The van der Waals surface area contributed by atoms with E-state index in [2.05, 4.69) is 27.6 Å². The summed E-state index contributed by atoms with van der Waals surface area (Å²) >= 11 is 1.36. The van der Waals surface area contributed by atoms with E-state index < -0.39 is 0 Å². The highest BCUT2D eigenvalue weighted by molar-refractivity contribution is 7.17. The van der Waals surface area contributed by atoms with Crippen molar-refractivity contribution >= 4 is 17.2 Å². The fourth-order valence-corrected chi connectivity index (χ4v) is 3.83. The number of nitrogens with zero attached hydrogens (tertiary/aromatic N) is 2. The van der Waals surface area contributed by atoms with Crippen molar-refractivity contribution < 1.29 is 9.32 Å². The van der Waals surface area contributed by atoms with Crippen molar-refractivity contribution in [2.24, 2.45) is 0 Å². The van der Waals surface area contributed by atoms with E-state index in [0.717, 1.165) is 23.3 Å². The molecule has 0 bridgehead atoms. The van der Waals surface area contributed by atoms with Gasteiger partial charge in [0.25, 0.3) is 11.8 Å². The number of carbonyl (C=O) groups is 1. The molecule has 2 aromatic heterocycles. The first kappa shape index (κ1) is 19.1. The molecule has 0 aliphatic carbocycles. The van der Waals surface area contributed by atoms with E-state index in [1.54, 1.807) is 6.07 Å². The number of thiophene rings is 1. The van der Waals surface area contributed by atoms with Crippen LogP contribution in [0, 0.1) is 0 Å². The zero-order chi connectivity index (χ0) is 20.1. The average molecular weight is 404 g/mol. The van der Waals surface area contributed by atoms with Crippen LogP contribution in [0.15, 0.2) is 77.3 Å². The summed E-state index contributed by atoms with van der Waals surface area (Å²) in [5.41, 5.74) is 2.14. The molecule has 146 valence electrons. The first-order valence-corrected chi connectivity index (χ1v) is 10.3. The Kier molecular flexibility index (Phi) is 5.81. The second-order valence-corrected chi connectivity index (χ2v) is 7.94. The van der Waals surface area contributed by atoms with Gasteiger partial charge in [0.15, 0.2) is 0 Å². The van der Waals surface area contributed by atoms with Gasteiger partial charge in [-0.15, -0.1) is 11.3 Å². The number of rotatable bonds is 7. The summed E-state index contributed by atoms with van der Waals surface area (Å²) in [6.45, 7) is 2.03. The van der Waals surface area contributed by atoms with Gasteiger partial charge >= 0.3 is 0 Å². The molecule has 0 radical (unpaired) electrons. The van der Waals surface area contributed by atoms with Gasteiger partial charge in [0.1, 0.15) is 0 Å². The van der Waals surface area contributed by atoms with E-state index >= 15 is 0 Å². The van der Waals surface area contributed by atoms with Crippen LogP contribution in [0.2, 0.25) is 0 Å². The highest BCUT2D eigenvalue weighted by atomic mass is 32.1. The van der Waals surface area contributed by atoms with Crippen molar-refractivity contribution in [3.63, 3.8) is 0 Å². The zero-order valence-corrected chi connectivity index (χ0v) is 16.9. The molecule has 0 saturated heterocycles. The molecule has 2 heterocycles. The molecule has 0 saturated carbocycles. The lowest BCUT2D eigenvalue weighted by Crippen LogP contribution is -2.32. The molecule has 4 rings (SSSR count). The summed E-state index contributed by atoms with van der Waals surface area (Å²) in [7, 11) is 0. The minimum Gasteiger partial charge on any atom is -0.349 e. The smallest absolute Gasteiger partial charge is 0.261 e.